The average molecular weight is 331 g/mol. The number of nitrogens with one attached hydrogen (secondary N) is 1. The lowest BCUT2D eigenvalue weighted by Gasteiger charge is -2.13. The predicted molar refractivity (Wildman–Crippen MR) is 83.9 cm³/mol. The second-order valence-corrected chi connectivity index (χ2v) is 5.29. The Bertz CT molecular complexity index is 662. The first-order valence-corrected chi connectivity index (χ1v) is 7.01. The van der Waals surface area contributed by atoms with Crippen molar-refractivity contribution in [2.75, 3.05) is 12.4 Å². The molecule has 0 unspecified atom stereocenters. The molecule has 20 heavy (non-hydrogen) atoms. The van der Waals surface area contributed by atoms with Crippen molar-refractivity contribution in [2.45, 2.75) is 13.5 Å². The molecule has 0 aliphatic carbocycles. The van der Waals surface area contributed by atoms with Gasteiger partial charge in [0.15, 0.2) is 0 Å². The molecule has 0 heterocycles. The number of anilines is 1. The van der Waals surface area contributed by atoms with Crippen molar-refractivity contribution >= 4 is 21.6 Å². The Morgan fingerprint density at radius 1 is 1.30 bits per heavy atom. The summed E-state index contributed by atoms with van der Waals surface area (Å²) in [6.45, 7) is 2.68. The molecule has 0 amide bonds. The van der Waals surface area contributed by atoms with Crippen LogP contribution in [0.4, 0.5) is 5.69 Å². The molecule has 102 valence electrons. The van der Waals surface area contributed by atoms with E-state index in [1.807, 2.05) is 12.1 Å². The third-order valence-electron chi connectivity index (χ3n) is 3.07. The molecule has 0 aliphatic rings. The van der Waals surface area contributed by atoms with E-state index in [9.17, 15) is 0 Å². The van der Waals surface area contributed by atoms with Crippen LogP contribution in [-0.2, 0) is 6.54 Å². The molecule has 0 radical (unpaired) electrons. The van der Waals surface area contributed by atoms with Crippen LogP contribution in [0.25, 0.3) is 0 Å². The third kappa shape index (κ3) is 3.12. The summed E-state index contributed by atoms with van der Waals surface area (Å²) < 4.78 is 6.38. The van der Waals surface area contributed by atoms with Gasteiger partial charge in [-0.15, -0.1) is 0 Å². The van der Waals surface area contributed by atoms with E-state index in [0.717, 1.165) is 15.7 Å². The van der Waals surface area contributed by atoms with Crippen LogP contribution < -0.4 is 10.1 Å². The molecule has 0 atom stereocenters. The number of rotatable bonds is 4. The van der Waals surface area contributed by atoms with E-state index in [2.05, 4.69) is 52.4 Å². The van der Waals surface area contributed by atoms with Gasteiger partial charge in [0.1, 0.15) is 11.8 Å². The number of hydrogen-bond acceptors (Lipinski definition) is 3. The lowest BCUT2D eigenvalue weighted by atomic mass is 10.1. The smallest absolute Gasteiger partial charge is 0.143 e. The maximum absolute atomic E-state index is 9.16. The van der Waals surface area contributed by atoms with Crippen LogP contribution in [0, 0.1) is 18.3 Å². The number of ether oxygens (including phenoxy) is 1. The second-order valence-electron chi connectivity index (χ2n) is 4.43. The highest BCUT2D eigenvalue weighted by atomic mass is 79.9. The third-order valence-corrected chi connectivity index (χ3v) is 3.93. The zero-order valence-corrected chi connectivity index (χ0v) is 13.0. The first-order chi connectivity index (χ1) is 9.65. The molecular weight excluding hydrogens is 316 g/mol. The highest BCUT2D eigenvalue weighted by Crippen LogP contribution is 2.28. The average Bonchev–Trinajstić information content (AvgIpc) is 2.48. The molecule has 2 aromatic rings. The fourth-order valence-corrected chi connectivity index (χ4v) is 2.34. The van der Waals surface area contributed by atoms with Crippen LogP contribution in [0.15, 0.2) is 40.9 Å². The van der Waals surface area contributed by atoms with E-state index in [0.29, 0.717) is 17.9 Å². The van der Waals surface area contributed by atoms with E-state index < -0.39 is 0 Å². The number of methoxy groups -OCH3 is 1. The van der Waals surface area contributed by atoms with E-state index in [-0.39, 0.29) is 0 Å². The number of nitriles is 1. The second kappa shape index (κ2) is 6.44. The molecular formula is C16H15BrN2O. The standard InChI is InChI=1S/C16H15BrN2O/c1-11-6-7-12(8-14(11)17)10-19-16-13(9-18)4-3-5-15(16)20-2/h3-8,19H,10H2,1-2H3. The van der Waals surface area contributed by atoms with Crippen molar-refractivity contribution in [1.29, 1.82) is 5.26 Å². The maximum Gasteiger partial charge on any atom is 0.143 e. The molecule has 1 N–H and O–H groups in total. The van der Waals surface area contributed by atoms with Gasteiger partial charge in [0.2, 0.25) is 0 Å². The van der Waals surface area contributed by atoms with Gasteiger partial charge in [0.25, 0.3) is 0 Å². The van der Waals surface area contributed by atoms with Gasteiger partial charge in [-0.2, -0.15) is 5.26 Å². The molecule has 3 nitrogen and oxygen atoms in total. The molecule has 0 fully saturated rings. The molecule has 0 spiro atoms. The largest absolute Gasteiger partial charge is 0.495 e. The summed E-state index contributed by atoms with van der Waals surface area (Å²) in [7, 11) is 1.60. The molecule has 0 saturated heterocycles. The number of para-hydroxylation sites is 1. The van der Waals surface area contributed by atoms with E-state index in [1.165, 1.54) is 5.56 Å². The van der Waals surface area contributed by atoms with Crippen molar-refractivity contribution in [3.8, 4) is 11.8 Å². The molecule has 0 bridgehead atoms. The fourth-order valence-electron chi connectivity index (χ4n) is 1.91. The van der Waals surface area contributed by atoms with Gasteiger partial charge in [-0.05, 0) is 36.2 Å². The van der Waals surface area contributed by atoms with Gasteiger partial charge in [0.05, 0.1) is 18.4 Å². The van der Waals surface area contributed by atoms with Crippen molar-refractivity contribution < 1.29 is 4.74 Å². The van der Waals surface area contributed by atoms with Gasteiger partial charge in [-0.1, -0.05) is 34.1 Å². The van der Waals surface area contributed by atoms with Crippen LogP contribution >= 0.6 is 15.9 Å². The minimum atomic E-state index is 0.579. The van der Waals surface area contributed by atoms with Gasteiger partial charge in [0, 0.05) is 11.0 Å². The Kier molecular flexibility index (Phi) is 4.65. The summed E-state index contributed by atoms with van der Waals surface area (Å²) >= 11 is 3.52. The number of nitrogens with zero attached hydrogens (tertiary/aromatic N) is 1. The van der Waals surface area contributed by atoms with Crippen molar-refractivity contribution in [2.24, 2.45) is 0 Å². The summed E-state index contributed by atoms with van der Waals surface area (Å²) in [6.07, 6.45) is 0. The first-order valence-electron chi connectivity index (χ1n) is 6.21. The van der Waals surface area contributed by atoms with Crippen LogP contribution in [-0.4, -0.2) is 7.11 Å². The van der Waals surface area contributed by atoms with Crippen molar-refractivity contribution in [1.82, 2.24) is 0 Å². The Morgan fingerprint density at radius 3 is 2.75 bits per heavy atom. The number of benzene rings is 2. The lowest BCUT2D eigenvalue weighted by Crippen LogP contribution is -2.03. The molecule has 2 aromatic carbocycles. The SMILES string of the molecule is COc1cccc(C#N)c1NCc1ccc(C)c(Br)c1. The van der Waals surface area contributed by atoms with Crippen LogP contribution in [0.5, 0.6) is 5.75 Å². The summed E-state index contributed by atoms with van der Waals surface area (Å²) in [4.78, 5) is 0. The normalized spacial score (nSPS) is 9.90. The molecule has 4 heteroatoms. The molecule has 2 rings (SSSR count). The van der Waals surface area contributed by atoms with Crippen LogP contribution in [0.2, 0.25) is 0 Å². The Balaban J connectivity index is 2.22. The first kappa shape index (κ1) is 14.4. The minimum absolute atomic E-state index is 0.579. The minimum Gasteiger partial charge on any atom is -0.495 e. The lowest BCUT2D eigenvalue weighted by molar-refractivity contribution is 0.416. The highest BCUT2D eigenvalue weighted by molar-refractivity contribution is 9.10. The predicted octanol–water partition coefficient (Wildman–Crippen LogP) is 4.25. The fraction of sp³-hybridized carbons (Fsp3) is 0.188. The summed E-state index contributed by atoms with van der Waals surface area (Å²) in [5, 5.41) is 12.4. The summed E-state index contributed by atoms with van der Waals surface area (Å²) in [6, 6.07) is 13.8. The number of halogens is 1. The Morgan fingerprint density at radius 2 is 2.10 bits per heavy atom. The zero-order valence-electron chi connectivity index (χ0n) is 11.4. The van der Waals surface area contributed by atoms with Gasteiger partial charge in [-0.25, -0.2) is 0 Å². The van der Waals surface area contributed by atoms with Crippen LogP contribution in [0.1, 0.15) is 16.7 Å². The quantitative estimate of drug-likeness (QED) is 0.911. The van der Waals surface area contributed by atoms with Gasteiger partial charge in [-0.3, -0.25) is 0 Å². The summed E-state index contributed by atoms with van der Waals surface area (Å²) in [5.41, 5.74) is 3.64. The van der Waals surface area contributed by atoms with Gasteiger partial charge >= 0.3 is 0 Å². The van der Waals surface area contributed by atoms with Gasteiger partial charge < -0.3 is 10.1 Å². The molecule has 0 aliphatic heterocycles. The van der Waals surface area contributed by atoms with E-state index in [4.69, 9.17) is 10.00 Å². The number of aryl methyl sites for hydroxylation is 1. The Labute approximate surface area is 127 Å². The zero-order chi connectivity index (χ0) is 14.5. The molecule has 0 aromatic heterocycles. The monoisotopic (exact) mass is 330 g/mol. The van der Waals surface area contributed by atoms with E-state index >= 15 is 0 Å². The maximum atomic E-state index is 9.16. The summed E-state index contributed by atoms with van der Waals surface area (Å²) in [5.74, 6) is 0.676. The van der Waals surface area contributed by atoms with Crippen LogP contribution in [0.3, 0.4) is 0 Å². The topological polar surface area (TPSA) is 45.0 Å². The molecule has 0 saturated carbocycles. The highest BCUT2D eigenvalue weighted by Gasteiger charge is 2.08. The van der Waals surface area contributed by atoms with E-state index in [1.54, 1.807) is 13.2 Å². The Hall–Kier alpha value is -1.99. The van der Waals surface area contributed by atoms with Crippen molar-refractivity contribution in [3.63, 3.8) is 0 Å². The number of hydrogen-bond donors (Lipinski definition) is 1. The van der Waals surface area contributed by atoms with Crippen molar-refractivity contribution in [3.05, 3.63) is 57.6 Å².